The maximum Gasteiger partial charge on any atom is 0.355 e. The van der Waals surface area contributed by atoms with Gasteiger partial charge in [-0.05, 0) is 32.4 Å². The number of carboxylic acids is 1. The Hall–Kier alpha value is -1.12. The molecule has 1 atom stereocenters. The highest BCUT2D eigenvalue weighted by atomic mass is 32.2. The van der Waals surface area contributed by atoms with Crippen molar-refractivity contribution in [2.24, 2.45) is 0 Å². The molecule has 8 heteroatoms. The fourth-order valence-corrected chi connectivity index (χ4v) is 5.55. The van der Waals surface area contributed by atoms with Crippen molar-refractivity contribution in [2.75, 3.05) is 31.9 Å². The maximum absolute atomic E-state index is 12.3. The summed E-state index contributed by atoms with van der Waals surface area (Å²) in [5.74, 6) is 0.0265. The topological polar surface area (TPSA) is 73.7 Å². The fraction of sp³-hybridized carbons (Fsp3) is 0.722. The monoisotopic (exact) mass is 397 g/mol. The predicted octanol–water partition coefficient (Wildman–Crippen LogP) is 3.19. The lowest BCUT2D eigenvalue weighted by Crippen LogP contribution is -2.43. The van der Waals surface area contributed by atoms with Crippen molar-refractivity contribution in [3.05, 3.63) is 11.1 Å². The third-order valence-electron chi connectivity index (χ3n) is 5.13. The zero-order valence-corrected chi connectivity index (χ0v) is 16.7. The number of hydrogen-bond donors (Lipinski definition) is 1. The second-order valence-corrected chi connectivity index (χ2v) is 9.20. The molecule has 3 heterocycles. The van der Waals surface area contributed by atoms with Gasteiger partial charge in [-0.1, -0.05) is 31.0 Å². The normalized spacial score (nSPS) is 22.4. The van der Waals surface area contributed by atoms with Crippen LogP contribution in [0.2, 0.25) is 0 Å². The van der Waals surface area contributed by atoms with E-state index in [-0.39, 0.29) is 11.6 Å². The van der Waals surface area contributed by atoms with Gasteiger partial charge in [-0.2, -0.15) is 0 Å². The molecule has 1 aromatic rings. The summed E-state index contributed by atoms with van der Waals surface area (Å²) in [4.78, 5) is 31.9. The molecule has 0 spiro atoms. The van der Waals surface area contributed by atoms with Crippen LogP contribution in [0, 0.1) is 0 Å². The smallest absolute Gasteiger partial charge is 0.355 e. The zero-order chi connectivity index (χ0) is 18.4. The van der Waals surface area contributed by atoms with Gasteiger partial charge < -0.3 is 14.9 Å². The highest BCUT2D eigenvalue weighted by Gasteiger charge is 2.31. The second-order valence-electron chi connectivity index (χ2n) is 7.00. The van der Waals surface area contributed by atoms with Crippen LogP contribution in [0.25, 0.3) is 0 Å². The Morgan fingerprint density at radius 3 is 2.69 bits per heavy atom. The second kappa shape index (κ2) is 9.71. The average molecular weight is 398 g/mol. The first kappa shape index (κ1) is 19.6. The summed E-state index contributed by atoms with van der Waals surface area (Å²) in [6.45, 7) is 4.02. The summed E-state index contributed by atoms with van der Waals surface area (Å²) in [5.41, 5.74) is 0.102. The van der Waals surface area contributed by atoms with Crippen molar-refractivity contribution < 1.29 is 14.7 Å². The molecular weight excluding hydrogens is 370 g/mol. The maximum atomic E-state index is 12.3. The van der Waals surface area contributed by atoms with E-state index in [2.05, 4.69) is 9.88 Å². The van der Waals surface area contributed by atoms with E-state index >= 15 is 0 Å². The number of carboxylic acid groups (broad SMARTS) is 1. The molecule has 1 amide bonds. The minimum atomic E-state index is -0.990. The van der Waals surface area contributed by atoms with Gasteiger partial charge in [0.1, 0.15) is 0 Å². The Labute approximate surface area is 163 Å². The minimum absolute atomic E-state index is 0.102. The lowest BCUT2D eigenvalue weighted by Gasteiger charge is -2.31. The third-order valence-corrected chi connectivity index (χ3v) is 7.13. The number of hydrogen-bond acceptors (Lipinski definition) is 6. The summed E-state index contributed by atoms with van der Waals surface area (Å²) in [7, 11) is 0. The molecule has 0 bridgehead atoms. The molecule has 26 heavy (non-hydrogen) atoms. The Morgan fingerprint density at radius 2 is 2.00 bits per heavy atom. The van der Waals surface area contributed by atoms with Gasteiger partial charge in [0.2, 0.25) is 5.91 Å². The number of amides is 1. The Kier molecular flexibility index (Phi) is 7.33. The van der Waals surface area contributed by atoms with E-state index < -0.39 is 5.97 Å². The summed E-state index contributed by atoms with van der Waals surface area (Å²) in [6, 6.07) is 0.327. The van der Waals surface area contributed by atoms with Crippen LogP contribution >= 0.6 is 23.1 Å². The average Bonchev–Trinajstić information content (AvgIpc) is 3.19. The van der Waals surface area contributed by atoms with E-state index in [0.29, 0.717) is 19.0 Å². The lowest BCUT2D eigenvalue weighted by molar-refractivity contribution is -0.128. The highest BCUT2D eigenvalue weighted by molar-refractivity contribution is 8.01. The summed E-state index contributed by atoms with van der Waals surface area (Å²) < 4.78 is 0.759. The van der Waals surface area contributed by atoms with Crippen molar-refractivity contribution in [1.82, 2.24) is 14.8 Å². The van der Waals surface area contributed by atoms with Crippen LogP contribution in [0.1, 0.15) is 55.4 Å². The summed E-state index contributed by atoms with van der Waals surface area (Å²) in [5, 5.41) is 10.5. The number of carbonyl (C=O) groups is 2. The molecule has 2 aliphatic rings. The molecule has 3 rings (SSSR count). The molecule has 0 unspecified atom stereocenters. The molecule has 0 saturated carbocycles. The molecule has 6 nitrogen and oxygen atoms in total. The molecule has 1 N–H and O–H groups in total. The summed E-state index contributed by atoms with van der Waals surface area (Å²) in [6.07, 6.45) is 8.17. The van der Waals surface area contributed by atoms with Crippen LogP contribution in [-0.2, 0) is 4.79 Å². The van der Waals surface area contributed by atoms with Crippen LogP contribution in [0.15, 0.2) is 9.72 Å². The van der Waals surface area contributed by atoms with Crippen molar-refractivity contribution in [3.8, 4) is 0 Å². The molecule has 0 aliphatic carbocycles. The van der Waals surface area contributed by atoms with Gasteiger partial charge in [0.05, 0.1) is 0 Å². The van der Waals surface area contributed by atoms with Crippen LogP contribution in [0.5, 0.6) is 0 Å². The van der Waals surface area contributed by atoms with E-state index in [1.54, 1.807) is 5.38 Å². The van der Waals surface area contributed by atoms with Gasteiger partial charge in [0.25, 0.3) is 0 Å². The molecular formula is C18H27N3O3S2. The Bertz CT molecular complexity index is 615. The van der Waals surface area contributed by atoms with Gasteiger partial charge >= 0.3 is 5.97 Å². The van der Waals surface area contributed by atoms with Crippen LogP contribution in [-0.4, -0.2) is 69.7 Å². The number of carbonyl (C=O) groups excluding carboxylic acids is 1. The molecule has 2 aliphatic heterocycles. The minimum Gasteiger partial charge on any atom is -0.476 e. The SMILES string of the molecule is O=C(O)c1csc(SCCN2C(=O)CC[C@@H]2CN2CCCCCCC2)n1. The first-order chi connectivity index (χ1) is 12.6. The van der Waals surface area contributed by atoms with Crippen LogP contribution < -0.4 is 0 Å². The number of rotatable bonds is 7. The standard InChI is InChI=1S/C18H27N3O3S2/c22-16-7-6-14(12-20-8-4-2-1-3-5-9-20)21(16)10-11-25-18-19-15(13-26-18)17(23)24/h13-14H,1-12H2,(H,23,24)/t14-/m1/s1. The van der Waals surface area contributed by atoms with Gasteiger partial charge in [-0.15, -0.1) is 11.3 Å². The van der Waals surface area contributed by atoms with Crippen molar-refractivity contribution in [2.45, 2.75) is 55.3 Å². The van der Waals surface area contributed by atoms with Crippen molar-refractivity contribution in [1.29, 1.82) is 0 Å². The van der Waals surface area contributed by atoms with E-state index in [0.717, 1.165) is 36.1 Å². The van der Waals surface area contributed by atoms with Gasteiger partial charge in [0.15, 0.2) is 10.0 Å². The molecule has 2 fully saturated rings. The molecule has 0 aromatic carbocycles. The number of likely N-dealkylation sites (tertiary alicyclic amines) is 2. The molecule has 2 saturated heterocycles. The fourth-order valence-electron chi connectivity index (χ4n) is 3.74. The third kappa shape index (κ3) is 5.44. The van der Waals surface area contributed by atoms with E-state index in [4.69, 9.17) is 5.11 Å². The van der Waals surface area contributed by atoms with Gasteiger partial charge in [-0.3, -0.25) is 4.79 Å². The van der Waals surface area contributed by atoms with Crippen molar-refractivity contribution in [3.63, 3.8) is 0 Å². The molecule has 1 aromatic heterocycles. The Balaban J connectivity index is 1.48. The zero-order valence-electron chi connectivity index (χ0n) is 15.1. The largest absolute Gasteiger partial charge is 0.476 e. The summed E-state index contributed by atoms with van der Waals surface area (Å²) >= 11 is 2.89. The van der Waals surface area contributed by atoms with Crippen molar-refractivity contribution >= 4 is 35.0 Å². The van der Waals surface area contributed by atoms with Gasteiger partial charge in [0, 0.05) is 36.7 Å². The number of thiazole rings is 1. The van der Waals surface area contributed by atoms with Crippen LogP contribution in [0.4, 0.5) is 0 Å². The molecule has 0 radical (unpaired) electrons. The quantitative estimate of drug-likeness (QED) is 0.712. The van der Waals surface area contributed by atoms with E-state index in [1.807, 2.05) is 4.90 Å². The number of aromatic nitrogens is 1. The predicted molar refractivity (Wildman–Crippen MR) is 104 cm³/mol. The molecule has 144 valence electrons. The number of nitrogens with zero attached hydrogens (tertiary/aromatic N) is 3. The first-order valence-electron chi connectivity index (χ1n) is 9.47. The Morgan fingerprint density at radius 1 is 1.27 bits per heavy atom. The highest BCUT2D eigenvalue weighted by Crippen LogP contribution is 2.25. The van der Waals surface area contributed by atoms with E-state index in [1.165, 1.54) is 55.2 Å². The lowest BCUT2D eigenvalue weighted by atomic mass is 10.1. The van der Waals surface area contributed by atoms with Gasteiger partial charge in [-0.25, -0.2) is 9.78 Å². The van der Waals surface area contributed by atoms with E-state index in [9.17, 15) is 9.59 Å². The number of thioether (sulfide) groups is 1. The van der Waals surface area contributed by atoms with Crippen LogP contribution in [0.3, 0.4) is 0 Å². The first-order valence-corrected chi connectivity index (χ1v) is 11.3. The number of aromatic carboxylic acids is 1.